The highest BCUT2D eigenvalue weighted by molar-refractivity contribution is 9.10. The molecule has 0 saturated carbocycles. The molecule has 0 fully saturated rings. The molecule has 0 spiro atoms. The molecule has 0 aliphatic carbocycles. The van der Waals surface area contributed by atoms with Gasteiger partial charge >= 0.3 is 0 Å². The highest BCUT2D eigenvalue weighted by Gasteiger charge is 2.14. The van der Waals surface area contributed by atoms with E-state index in [-0.39, 0.29) is 6.10 Å². The van der Waals surface area contributed by atoms with Gasteiger partial charge in [-0.05, 0) is 44.2 Å². The summed E-state index contributed by atoms with van der Waals surface area (Å²) in [6.45, 7) is 4.55. The molecule has 0 amide bonds. The number of ether oxygens (including phenoxy) is 3. The quantitative estimate of drug-likeness (QED) is 0.647. The largest absolute Gasteiger partial charge is 0.495 e. The second-order valence-electron chi connectivity index (χ2n) is 5.47. The first-order chi connectivity index (χ1) is 11.4. The third-order valence-electron chi connectivity index (χ3n) is 3.30. The van der Waals surface area contributed by atoms with Gasteiger partial charge in [-0.3, -0.25) is 0 Å². The lowest BCUT2D eigenvalue weighted by atomic mass is 10.1. The number of hydrogen-bond acceptors (Lipinski definition) is 4. The van der Waals surface area contributed by atoms with E-state index >= 15 is 0 Å². The van der Waals surface area contributed by atoms with Gasteiger partial charge in [0.1, 0.15) is 5.75 Å². The number of methoxy groups -OCH3 is 2. The maximum Gasteiger partial charge on any atom is 0.166 e. The summed E-state index contributed by atoms with van der Waals surface area (Å²) in [6, 6.07) is 9.49. The summed E-state index contributed by atoms with van der Waals surface area (Å²) in [5.74, 6) is 2.08. The van der Waals surface area contributed by atoms with E-state index in [0.717, 1.165) is 21.5 Å². The molecule has 0 heterocycles. The van der Waals surface area contributed by atoms with Gasteiger partial charge in [0, 0.05) is 22.3 Å². The number of halogens is 2. The second kappa shape index (κ2) is 8.49. The highest BCUT2D eigenvalue weighted by atomic mass is 79.9. The highest BCUT2D eigenvalue weighted by Crippen LogP contribution is 2.36. The SMILES string of the molecule is COc1ccc(NCc2cc(Br)cc(OC)c2OC(C)C)cc1Cl. The fourth-order valence-corrected chi connectivity index (χ4v) is 2.99. The van der Waals surface area contributed by atoms with E-state index in [9.17, 15) is 0 Å². The number of rotatable bonds is 7. The number of nitrogens with one attached hydrogen (secondary N) is 1. The van der Waals surface area contributed by atoms with Gasteiger partial charge in [0.2, 0.25) is 0 Å². The van der Waals surface area contributed by atoms with Gasteiger partial charge in [0.15, 0.2) is 11.5 Å². The van der Waals surface area contributed by atoms with E-state index in [1.165, 1.54) is 0 Å². The monoisotopic (exact) mass is 413 g/mol. The Kier molecular flexibility index (Phi) is 6.63. The summed E-state index contributed by atoms with van der Waals surface area (Å²) in [5, 5.41) is 3.91. The van der Waals surface area contributed by atoms with Crippen LogP contribution in [-0.2, 0) is 6.54 Å². The van der Waals surface area contributed by atoms with E-state index in [2.05, 4.69) is 21.2 Å². The van der Waals surface area contributed by atoms with Gasteiger partial charge < -0.3 is 19.5 Å². The van der Waals surface area contributed by atoms with Crippen LogP contribution >= 0.6 is 27.5 Å². The van der Waals surface area contributed by atoms with Crippen molar-refractivity contribution >= 4 is 33.2 Å². The number of benzene rings is 2. The molecule has 130 valence electrons. The first-order valence-corrected chi connectivity index (χ1v) is 8.72. The number of hydrogen-bond donors (Lipinski definition) is 1. The summed E-state index contributed by atoms with van der Waals surface area (Å²) in [5.41, 5.74) is 1.89. The van der Waals surface area contributed by atoms with Crippen molar-refractivity contribution in [2.24, 2.45) is 0 Å². The van der Waals surface area contributed by atoms with Crippen LogP contribution in [0.3, 0.4) is 0 Å². The van der Waals surface area contributed by atoms with Crippen LogP contribution in [0, 0.1) is 0 Å². The van der Waals surface area contributed by atoms with Crippen molar-refractivity contribution in [1.82, 2.24) is 0 Å². The van der Waals surface area contributed by atoms with Crippen molar-refractivity contribution in [3.8, 4) is 17.2 Å². The van der Waals surface area contributed by atoms with Crippen LogP contribution in [0.1, 0.15) is 19.4 Å². The van der Waals surface area contributed by atoms with Crippen LogP contribution in [0.2, 0.25) is 5.02 Å². The summed E-state index contributed by atoms with van der Waals surface area (Å²) < 4.78 is 17.5. The molecule has 24 heavy (non-hydrogen) atoms. The summed E-state index contributed by atoms with van der Waals surface area (Å²) in [7, 11) is 3.23. The average Bonchev–Trinajstić information content (AvgIpc) is 2.54. The molecule has 0 aromatic heterocycles. The van der Waals surface area contributed by atoms with Gasteiger partial charge in [-0.25, -0.2) is 0 Å². The van der Waals surface area contributed by atoms with E-state index in [1.807, 2.05) is 44.2 Å². The Morgan fingerprint density at radius 2 is 1.79 bits per heavy atom. The molecule has 2 aromatic carbocycles. The average molecular weight is 415 g/mol. The molecule has 0 radical (unpaired) electrons. The smallest absolute Gasteiger partial charge is 0.166 e. The Balaban J connectivity index is 2.25. The van der Waals surface area contributed by atoms with Crippen molar-refractivity contribution < 1.29 is 14.2 Å². The second-order valence-corrected chi connectivity index (χ2v) is 6.79. The summed E-state index contributed by atoms with van der Waals surface area (Å²) in [4.78, 5) is 0. The molecule has 4 nitrogen and oxygen atoms in total. The molecule has 2 rings (SSSR count). The molecule has 1 N–H and O–H groups in total. The van der Waals surface area contributed by atoms with E-state index in [4.69, 9.17) is 25.8 Å². The zero-order valence-electron chi connectivity index (χ0n) is 14.2. The molecule has 0 unspecified atom stereocenters. The minimum absolute atomic E-state index is 0.0502. The van der Waals surface area contributed by atoms with Crippen LogP contribution in [0.25, 0.3) is 0 Å². The molecule has 6 heteroatoms. The Hall–Kier alpha value is -1.59. The maximum absolute atomic E-state index is 6.17. The van der Waals surface area contributed by atoms with Crippen molar-refractivity contribution in [2.75, 3.05) is 19.5 Å². The number of anilines is 1. The van der Waals surface area contributed by atoms with E-state index in [1.54, 1.807) is 14.2 Å². The normalized spacial score (nSPS) is 10.6. The molecule has 2 aromatic rings. The minimum atomic E-state index is 0.0502. The Morgan fingerprint density at radius 1 is 1.08 bits per heavy atom. The topological polar surface area (TPSA) is 39.7 Å². The Labute approximate surface area is 156 Å². The fourth-order valence-electron chi connectivity index (χ4n) is 2.25. The first kappa shape index (κ1) is 18.7. The molecule has 0 saturated heterocycles. The van der Waals surface area contributed by atoms with E-state index < -0.39 is 0 Å². The van der Waals surface area contributed by atoms with Crippen LogP contribution in [-0.4, -0.2) is 20.3 Å². The Morgan fingerprint density at radius 3 is 2.38 bits per heavy atom. The van der Waals surface area contributed by atoms with Crippen molar-refractivity contribution in [3.05, 3.63) is 45.4 Å². The molecule has 0 atom stereocenters. The lowest BCUT2D eigenvalue weighted by Gasteiger charge is -2.19. The summed E-state index contributed by atoms with van der Waals surface area (Å²) in [6.07, 6.45) is 0.0502. The van der Waals surface area contributed by atoms with Crippen molar-refractivity contribution in [3.63, 3.8) is 0 Å². The maximum atomic E-state index is 6.17. The lowest BCUT2D eigenvalue weighted by Crippen LogP contribution is -2.10. The van der Waals surface area contributed by atoms with Gasteiger partial charge in [-0.1, -0.05) is 27.5 Å². The predicted molar refractivity (Wildman–Crippen MR) is 102 cm³/mol. The van der Waals surface area contributed by atoms with Crippen LogP contribution < -0.4 is 19.5 Å². The van der Waals surface area contributed by atoms with Crippen molar-refractivity contribution in [1.29, 1.82) is 0 Å². The van der Waals surface area contributed by atoms with Crippen LogP contribution in [0.4, 0.5) is 5.69 Å². The summed E-state index contributed by atoms with van der Waals surface area (Å²) >= 11 is 9.68. The zero-order valence-corrected chi connectivity index (χ0v) is 16.5. The lowest BCUT2D eigenvalue weighted by molar-refractivity contribution is 0.228. The molecule has 0 bridgehead atoms. The van der Waals surface area contributed by atoms with Crippen LogP contribution in [0.5, 0.6) is 17.2 Å². The van der Waals surface area contributed by atoms with Gasteiger partial charge in [0.05, 0.1) is 25.3 Å². The van der Waals surface area contributed by atoms with Crippen molar-refractivity contribution in [2.45, 2.75) is 26.5 Å². The predicted octanol–water partition coefficient (Wildman–Crippen LogP) is 5.52. The molecule has 0 aliphatic heterocycles. The van der Waals surface area contributed by atoms with Gasteiger partial charge in [0.25, 0.3) is 0 Å². The van der Waals surface area contributed by atoms with E-state index in [0.29, 0.717) is 23.1 Å². The van der Waals surface area contributed by atoms with Gasteiger partial charge in [-0.15, -0.1) is 0 Å². The molecular formula is C18H21BrClNO3. The Bertz CT molecular complexity index is 707. The third kappa shape index (κ3) is 4.71. The standard InChI is InChI=1S/C18H21BrClNO3/c1-11(2)24-18-12(7-13(19)8-17(18)23-4)10-21-14-5-6-16(22-3)15(20)9-14/h5-9,11,21H,10H2,1-4H3. The zero-order chi connectivity index (χ0) is 17.7. The molecular weight excluding hydrogens is 394 g/mol. The minimum Gasteiger partial charge on any atom is -0.495 e. The first-order valence-electron chi connectivity index (χ1n) is 7.55. The van der Waals surface area contributed by atoms with Gasteiger partial charge in [-0.2, -0.15) is 0 Å². The fraction of sp³-hybridized carbons (Fsp3) is 0.333. The molecule has 0 aliphatic rings. The van der Waals surface area contributed by atoms with Crippen LogP contribution in [0.15, 0.2) is 34.8 Å². The third-order valence-corrected chi connectivity index (χ3v) is 4.06.